The van der Waals surface area contributed by atoms with Crippen LogP contribution in [0.3, 0.4) is 0 Å². The Balaban J connectivity index is 1.44. The molecule has 0 amide bonds. The molecule has 2 nitrogen and oxygen atoms in total. The first kappa shape index (κ1) is 8.25. The molecular weight excluding hydrogens is 162 g/mol. The molecule has 3 fully saturated rings. The van der Waals surface area contributed by atoms with Crippen LogP contribution >= 0.6 is 0 Å². The second-order valence-corrected chi connectivity index (χ2v) is 4.98. The number of nitrogens with one attached hydrogen (secondary N) is 1. The molecule has 1 saturated heterocycles. The lowest BCUT2D eigenvalue weighted by Gasteiger charge is -2.29. The predicted octanol–water partition coefficient (Wildman–Crippen LogP) is 1.41. The van der Waals surface area contributed by atoms with Crippen LogP contribution in [0.25, 0.3) is 0 Å². The lowest BCUT2D eigenvalue weighted by Crippen LogP contribution is -2.47. The van der Waals surface area contributed by atoms with Gasteiger partial charge in [-0.05, 0) is 50.0 Å². The summed E-state index contributed by atoms with van der Waals surface area (Å²) in [6.45, 7) is 3.16. The Kier molecular flexibility index (Phi) is 2.06. The molecule has 0 radical (unpaired) electrons. The summed E-state index contributed by atoms with van der Waals surface area (Å²) in [4.78, 5) is 0. The summed E-state index contributed by atoms with van der Waals surface area (Å²) in [5.41, 5.74) is 0. The third-order valence-electron chi connectivity index (χ3n) is 3.74. The van der Waals surface area contributed by atoms with Crippen LogP contribution in [0, 0.1) is 17.8 Å². The molecule has 0 spiro atoms. The van der Waals surface area contributed by atoms with Crippen molar-refractivity contribution in [3.63, 3.8) is 0 Å². The first-order valence-corrected chi connectivity index (χ1v) is 5.74. The first-order valence-electron chi connectivity index (χ1n) is 5.74. The van der Waals surface area contributed by atoms with E-state index in [0.29, 0.717) is 6.04 Å². The van der Waals surface area contributed by atoms with Crippen LogP contribution in [-0.2, 0) is 4.74 Å². The van der Waals surface area contributed by atoms with E-state index in [9.17, 15) is 0 Å². The molecule has 0 aromatic heterocycles. The minimum absolute atomic E-state index is 0.681. The van der Waals surface area contributed by atoms with Crippen molar-refractivity contribution in [3.05, 3.63) is 0 Å². The third kappa shape index (κ3) is 1.89. The Morgan fingerprint density at radius 3 is 2.08 bits per heavy atom. The smallest absolute Gasteiger partial charge is 0.0643 e. The second-order valence-electron chi connectivity index (χ2n) is 4.98. The lowest BCUT2D eigenvalue weighted by molar-refractivity contribution is -0.00721. The summed E-state index contributed by atoms with van der Waals surface area (Å²) < 4.78 is 5.16. The molecule has 2 heteroatoms. The normalized spacial score (nSPS) is 29.3. The Morgan fingerprint density at radius 1 is 1.08 bits per heavy atom. The topological polar surface area (TPSA) is 21.3 Å². The largest absolute Gasteiger partial charge is 0.378 e. The van der Waals surface area contributed by atoms with Gasteiger partial charge in [0.05, 0.1) is 19.3 Å². The van der Waals surface area contributed by atoms with E-state index in [0.717, 1.165) is 31.0 Å². The lowest BCUT2D eigenvalue weighted by atomic mass is 9.97. The highest BCUT2D eigenvalue weighted by atomic mass is 16.5. The summed E-state index contributed by atoms with van der Waals surface area (Å²) in [7, 11) is 0. The zero-order chi connectivity index (χ0) is 8.67. The van der Waals surface area contributed by atoms with Crippen molar-refractivity contribution < 1.29 is 4.74 Å². The van der Waals surface area contributed by atoms with E-state index in [2.05, 4.69) is 5.32 Å². The fraction of sp³-hybridized carbons (Fsp3) is 1.00. The molecule has 0 bridgehead atoms. The van der Waals surface area contributed by atoms with Crippen molar-refractivity contribution in [1.29, 1.82) is 0 Å². The molecule has 13 heavy (non-hydrogen) atoms. The average molecular weight is 181 g/mol. The van der Waals surface area contributed by atoms with Gasteiger partial charge in [-0.15, -0.1) is 0 Å². The number of rotatable bonds is 5. The van der Waals surface area contributed by atoms with E-state index < -0.39 is 0 Å². The molecule has 2 aliphatic carbocycles. The number of ether oxygens (including phenoxy) is 1. The molecular formula is C11H19NO. The summed E-state index contributed by atoms with van der Waals surface area (Å²) in [5.74, 6) is 3.18. The highest BCUT2D eigenvalue weighted by Crippen LogP contribution is 2.48. The quantitative estimate of drug-likeness (QED) is 0.692. The maximum atomic E-state index is 5.16. The van der Waals surface area contributed by atoms with E-state index >= 15 is 0 Å². The van der Waals surface area contributed by atoms with Gasteiger partial charge in [0.2, 0.25) is 0 Å². The second kappa shape index (κ2) is 3.25. The maximum Gasteiger partial charge on any atom is 0.0643 e. The maximum absolute atomic E-state index is 5.16. The highest BCUT2D eigenvalue weighted by molar-refractivity contribution is 4.93. The van der Waals surface area contributed by atoms with Crippen molar-refractivity contribution in [1.82, 2.24) is 5.32 Å². The van der Waals surface area contributed by atoms with Crippen molar-refractivity contribution in [2.45, 2.75) is 31.7 Å². The van der Waals surface area contributed by atoms with Gasteiger partial charge in [0.15, 0.2) is 0 Å². The Labute approximate surface area is 80.0 Å². The molecule has 0 atom stereocenters. The fourth-order valence-corrected chi connectivity index (χ4v) is 2.42. The number of hydrogen-bond acceptors (Lipinski definition) is 2. The van der Waals surface area contributed by atoms with Gasteiger partial charge >= 0.3 is 0 Å². The van der Waals surface area contributed by atoms with Crippen LogP contribution in [0.5, 0.6) is 0 Å². The third-order valence-corrected chi connectivity index (χ3v) is 3.74. The summed E-state index contributed by atoms with van der Waals surface area (Å²) in [5, 5.41) is 3.64. The molecule has 0 aromatic rings. The van der Waals surface area contributed by atoms with E-state index in [4.69, 9.17) is 4.74 Å². The molecule has 74 valence electrons. The van der Waals surface area contributed by atoms with Crippen LogP contribution in [-0.4, -0.2) is 25.8 Å². The molecule has 1 heterocycles. The van der Waals surface area contributed by atoms with E-state index in [1.54, 1.807) is 0 Å². The molecule has 2 saturated carbocycles. The minimum atomic E-state index is 0.681. The van der Waals surface area contributed by atoms with E-state index in [1.165, 1.54) is 32.2 Å². The average Bonchev–Trinajstić information content (AvgIpc) is 2.84. The molecule has 3 rings (SSSR count). The van der Waals surface area contributed by atoms with Crippen LogP contribution < -0.4 is 5.32 Å². The van der Waals surface area contributed by atoms with Crippen LogP contribution in [0.15, 0.2) is 0 Å². The fourth-order valence-electron chi connectivity index (χ4n) is 2.42. The zero-order valence-corrected chi connectivity index (χ0v) is 8.17. The molecule has 1 N–H and O–H groups in total. The van der Waals surface area contributed by atoms with Crippen molar-refractivity contribution >= 4 is 0 Å². The minimum Gasteiger partial charge on any atom is -0.378 e. The van der Waals surface area contributed by atoms with Crippen LogP contribution in [0.2, 0.25) is 0 Å². The molecule has 0 aromatic carbocycles. The first-order chi connectivity index (χ1) is 6.43. The summed E-state index contributed by atoms with van der Waals surface area (Å²) in [6, 6.07) is 0.681. The van der Waals surface area contributed by atoms with E-state index in [-0.39, 0.29) is 0 Å². The summed E-state index contributed by atoms with van der Waals surface area (Å²) >= 11 is 0. The van der Waals surface area contributed by atoms with Gasteiger partial charge in [0, 0.05) is 0 Å². The molecule has 1 aliphatic heterocycles. The standard InChI is InChI=1S/C11H19NO/c1-2-8(1)11(9-3-4-9)5-12-10-6-13-7-10/h8-12H,1-7H2. The van der Waals surface area contributed by atoms with Gasteiger partial charge < -0.3 is 10.1 Å². The van der Waals surface area contributed by atoms with Gasteiger partial charge in [-0.1, -0.05) is 0 Å². The summed E-state index contributed by atoms with van der Waals surface area (Å²) in [6.07, 6.45) is 6.02. The van der Waals surface area contributed by atoms with Crippen molar-refractivity contribution in [2.75, 3.05) is 19.8 Å². The van der Waals surface area contributed by atoms with Gasteiger partial charge in [-0.2, -0.15) is 0 Å². The van der Waals surface area contributed by atoms with Crippen LogP contribution in [0.1, 0.15) is 25.7 Å². The van der Waals surface area contributed by atoms with E-state index in [1.807, 2.05) is 0 Å². The Bertz CT molecular complexity index is 171. The van der Waals surface area contributed by atoms with Gasteiger partial charge in [0.1, 0.15) is 0 Å². The Morgan fingerprint density at radius 2 is 1.69 bits per heavy atom. The zero-order valence-electron chi connectivity index (χ0n) is 8.17. The van der Waals surface area contributed by atoms with Gasteiger partial charge in [0.25, 0.3) is 0 Å². The monoisotopic (exact) mass is 181 g/mol. The van der Waals surface area contributed by atoms with Gasteiger partial charge in [-0.25, -0.2) is 0 Å². The highest BCUT2D eigenvalue weighted by Gasteiger charge is 2.41. The molecule has 0 unspecified atom stereocenters. The van der Waals surface area contributed by atoms with Crippen molar-refractivity contribution in [2.24, 2.45) is 17.8 Å². The number of hydrogen-bond donors (Lipinski definition) is 1. The Hall–Kier alpha value is -0.0800. The van der Waals surface area contributed by atoms with Crippen molar-refractivity contribution in [3.8, 4) is 0 Å². The predicted molar refractivity (Wildman–Crippen MR) is 51.5 cm³/mol. The van der Waals surface area contributed by atoms with Gasteiger partial charge in [-0.3, -0.25) is 0 Å². The molecule has 3 aliphatic rings. The van der Waals surface area contributed by atoms with Crippen LogP contribution in [0.4, 0.5) is 0 Å². The SMILES string of the molecule is C1OCC1NCC(C1CC1)C1CC1.